The van der Waals surface area contributed by atoms with Crippen LogP contribution in [-0.4, -0.2) is 40.1 Å². The van der Waals surface area contributed by atoms with Gasteiger partial charge in [-0.25, -0.2) is 4.98 Å². The summed E-state index contributed by atoms with van der Waals surface area (Å²) < 4.78 is 7.41. The normalized spacial score (nSPS) is 12.7. The van der Waals surface area contributed by atoms with Crippen LogP contribution < -0.4 is 0 Å². The molecule has 0 radical (unpaired) electrons. The van der Waals surface area contributed by atoms with E-state index in [1.807, 2.05) is 19.1 Å². The van der Waals surface area contributed by atoms with E-state index in [1.54, 1.807) is 7.11 Å². The summed E-state index contributed by atoms with van der Waals surface area (Å²) in [5.41, 5.74) is 3.08. The maximum Gasteiger partial charge on any atom is 0.313 e. The van der Waals surface area contributed by atoms with Gasteiger partial charge in [0.25, 0.3) is 0 Å². The lowest BCUT2D eigenvalue weighted by atomic mass is 10.2. The second-order valence-electron chi connectivity index (χ2n) is 4.96. The highest BCUT2D eigenvalue weighted by molar-refractivity contribution is 7.99. The fourth-order valence-electron chi connectivity index (χ4n) is 2.33. The van der Waals surface area contributed by atoms with Crippen LogP contribution in [-0.2, 0) is 9.53 Å². The lowest BCUT2D eigenvalue weighted by Gasteiger charge is -2.19. The smallest absolute Gasteiger partial charge is 0.313 e. The number of fused-ring (bicyclic) bond motifs is 1. The van der Waals surface area contributed by atoms with Crippen LogP contribution in [0.2, 0.25) is 0 Å². The number of aromatic nitrogens is 2. The lowest BCUT2D eigenvalue weighted by molar-refractivity contribution is -0.133. The predicted octanol–water partition coefficient (Wildman–Crippen LogP) is 3.12. The Morgan fingerprint density at radius 3 is 2.90 bits per heavy atom. The molecule has 2 aromatic rings. The molecule has 0 saturated carbocycles. The number of hydrogen-bond donors (Lipinski definition) is 1. The van der Waals surface area contributed by atoms with Gasteiger partial charge < -0.3 is 14.4 Å². The molecule has 5 nitrogen and oxygen atoms in total. The van der Waals surface area contributed by atoms with Crippen molar-refractivity contribution in [2.75, 3.05) is 19.5 Å². The number of ether oxygens (including phenoxy) is 1. The fraction of sp³-hybridized carbons (Fsp3) is 0.467. The number of nitrogens with zero attached hydrogens (tertiary/aromatic N) is 2. The van der Waals surface area contributed by atoms with Crippen molar-refractivity contribution >= 4 is 28.8 Å². The molecule has 0 spiro atoms. The Morgan fingerprint density at radius 2 is 2.29 bits per heavy atom. The van der Waals surface area contributed by atoms with E-state index in [4.69, 9.17) is 9.84 Å². The van der Waals surface area contributed by atoms with E-state index in [0.717, 1.165) is 28.2 Å². The van der Waals surface area contributed by atoms with Crippen LogP contribution in [0.4, 0.5) is 0 Å². The molecule has 1 aromatic carbocycles. The first kappa shape index (κ1) is 15.9. The zero-order valence-electron chi connectivity index (χ0n) is 12.5. The number of thioether (sulfide) groups is 1. The number of carbonyl (C=O) groups is 1. The van der Waals surface area contributed by atoms with E-state index < -0.39 is 5.97 Å². The van der Waals surface area contributed by atoms with Gasteiger partial charge in [-0.3, -0.25) is 4.79 Å². The molecule has 0 saturated heterocycles. The van der Waals surface area contributed by atoms with Crippen LogP contribution in [0.5, 0.6) is 0 Å². The van der Waals surface area contributed by atoms with Crippen LogP contribution in [0.25, 0.3) is 11.0 Å². The number of rotatable bonds is 7. The van der Waals surface area contributed by atoms with Crippen molar-refractivity contribution < 1.29 is 14.6 Å². The van der Waals surface area contributed by atoms with Crippen molar-refractivity contribution in [1.29, 1.82) is 0 Å². The highest BCUT2D eigenvalue weighted by Gasteiger charge is 2.19. The Hall–Kier alpha value is -1.53. The fourth-order valence-corrected chi connectivity index (χ4v) is 3.13. The van der Waals surface area contributed by atoms with E-state index in [-0.39, 0.29) is 11.8 Å². The van der Waals surface area contributed by atoms with E-state index in [2.05, 4.69) is 22.5 Å². The summed E-state index contributed by atoms with van der Waals surface area (Å²) in [5.74, 6) is -0.833. The molecule has 0 bridgehead atoms. The zero-order chi connectivity index (χ0) is 15.4. The Bertz CT molecular complexity index is 639. The van der Waals surface area contributed by atoms with E-state index in [0.29, 0.717) is 6.61 Å². The van der Waals surface area contributed by atoms with Gasteiger partial charge in [-0.2, -0.15) is 0 Å². The summed E-state index contributed by atoms with van der Waals surface area (Å²) in [7, 11) is 1.68. The molecule has 0 aliphatic rings. The molecule has 114 valence electrons. The van der Waals surface area contributed by atoms with Gasteiger partial charge in [-0.1, -0.05) is 24.8 Å². The number of carboxylic acids is 1. The van der Waals surface area contributed by atoms with Crippen molar-refractivity contribution in [2.45, 2.75) is 31.5 Å². The molecule has 0 aliphatic carbocycles. The van der Waals surface area contributed by atoms with E-state index >= 15 is 0 Å². The molecule has 1 heterocycles. The summed E-state index contributed by atoms with van der Waals surface area (Å²) in [6, 6.07) is 6.23. The molecule has 21 heavy (non-hydrogen) atoms. The Labute approximate surface area is 128 Å². The van der Waals surface area contributed by atoms with Gasteiger partial charge in [-0.15, -0.1) is 0 Å². The number of hydrogen-bond acceptors (Lipinski definition) is 4. The standard InChI is InChI=1S/C15H20N2O3S/c1-4-11(8-20-3)17-13-7-10(2)5-6-12(13)16-15(17)21-9-14(18)19/h5-7,11H,4,8-9H2,1-3H3,(H,18,19). The molecule has 1 atom stereocenters. The Kier molecular flexibility index (Phi) is 5.25. The van der Waals surface area contributed by atoms with Gasteiger partial charge in [0.05, 0.1) is 29.4 Å². The third-order valence-electron chi connectivity index (χ3n) is 3.33. The van der Waals surface area contributed by atoms with Crippen LogP contribution in [0.3, 0.4) is 0 Å². The Morgan fingerprint density at radius 1 is 1.52 bits per heavy atom. The summed E-state index contributed by atoms with van der Waals surface area (Å²) in [6.45, 7) is 4.71. The summed E-state index contributed by atoms with van der Waals surface area (Å²) in [4.78, 5) is 15.4. The first-order valence-electron chi connectivity index (χ1n) is 6.89. The van der Waals surface area contributed by atoms with Crippen molar-refractivity contribution in [3.63, 3.8) is 0 Å². The van der Waals surface area contributed by atoms with E-state index in [9.17, 15) is 4.79 Å². The average Bonchev–Trinajstić information content (AvgIpc) is 2.80. The minimum Gasteiger partial charge on any atom is -0.481 e. The molecule has 0 amide bonds. The van der Waals surface area contributed by atoms with Crippen molar-refractivity contribution in [2.24, 2.45) is 0 Å². The molecule has 1 N–H and O–H groups in total. The van der Waals surface area contributed by atoms with Gasteiger partial charge in [0, 0.05) is 7.11 Å². The van der Waals surface area contributed by atoms with Gasteiger partial charge in [0.15, 0.2) is 5.16 Å². The van der Waals surface area contributed by atoms with Crippen LogP contribution in [0.1, 0.15) is 24.9 Å². The second kappa shape index (κ2) is 6.95. The number of imidazole rings is 1. The first-order valence-corrected chi connectivity index (χ1v) is 7.87. The molecule has 1 aromatic heterocycles. The van der Waals surface area contributed by atoms with Gasteiger partial charge in [0.1, 0.15) is 0 Å². The Balaban J connectivity index is 2.51. The third kappa shape index (κ3) is 3.57. The van der Waals surface area contributed by atoms with Gasteiger partial charge in [-0.05, 0) is 31.0 Å². The number of methoxy groups -OCH3 is 1. The quantitative estimate of drug-likeness (QED) is 0.796. The summed E-state index contributed by atoms with van der Waals surface area (Å²) >= 11 is 1.25. The summed E-state index contributed by atoms with van der Waals surface area (Å²) in [5, 5.41) is 9.64. The zero-order valence-corrected chi connectivity index (χ0v) is 13.3. The topological polar surface area (TPSA) is 64.3 Å². The average molecular weight is 308 g/mol. The van der Waals surface area contributed by atoms with Crippen LogP contribution in [0.15, 0.2) is 23.4 Å². The van der Waals surface area contributed by atoms with Crippen LogP contribution >= 0.6 is 11.8 Å². The predicted molar refractivity (Wildman–Crippen MR) is 84.0 cm³/mol. The largest absolute Gasteiger partial charge is 0.481 e. The van der Waals surface area contributed by atoms with Crippen molar-refractivity contribution in [3.8, 4) is 0 Å². The second-order valence-corrected chi connectivity index (χ2v) is 5.90. The summed E-state index contributed by atoms with van der Waals surface area (Å²) in [6.07, 6.45) is 0.897. The monoisotopic (exact) mass is 308 g/mol. The third-order valence-corrected chi connectivity index (χ3v) is 4.27. The minimum absolute atomic E-state index is 0.00568. The molecule has 1 unspecified atom stereocenters. The first-order chi connectivity index (χ1) is 10.1. The van der Waals surface area contributed by atoms with Gasteiger partial charge in [0.2, 0.25) is 0 Å². The van der Waals surface area contributed by atoms with Crippen molar-refractivity contribution in [3.05, 3.63) is 23.8 Å². The number of benzene rings is 1. The molecule has 0 aliphatic heterocycles. The molecular weight excluding hydrogens is 288 g/mol. The van der Waals surface area contributed by atoms with Gasteiger partial charge >= 0.3 is 5.97 Å². The highest BCUT2D eigenvalue weighted by atomic mass is 32.2. The maximum atomic E-state index is 10.8. The number of aryl methyl sites for hydroxylation is 1. The lowest BCUT2D eigenvalue weighted by Crippen LogP contribution is -2.15. The van der Waals surface area contributed by atoms with Crippen molar-refractivity contribution in [1.82, 2.24) is 9.55 Å². The molecule has 0 fully saturated rings. The van der Waals surface area contributed by atoms with Crippen LogP contribution in [0, 0.1) is 6.92 Å². The number of carboxylic acid groups (broad SMARTS) is 1. The maximum absolute atomic E-state index is 10.8. The molecule has 2 rings (SSSR count). The highest BCUT2D eigenvalue weighted by Crippen LogP contribution is 2.30. The SMILES string of the molecule is CCC(COC)n1c(SCC(=O)O)nc2ccc(C)cc21. The molecular formula is C15H20N2O3S. The molecule has 6 heteroatoms. The minimum atomic E-state index is -0.838. The van der Waals surface area contributed by atoms with E-state index in [1.165, 1.54) is 11.8 Å². The number of aliphatic carboxylic acids is 1.